The number of ether oxygens (including phenoxy) is 3. The fraction of sp³-hybridized carbons (Fsp3) is 0.208. The van der Waals surface area contributed by atoms with Gasteiger partial charge in [-0.2, -0.15) is 0 Å². The zero-order chi connectivity index (χ0) is 22.7. The summed E-state index contributed by atoms with van der Waals surface area (Å²) in [5.41, 5.74) is 0.525. The first-order chi connectivity index (χ1) is 15.5. The molecule has 0 amide bonds. The van der Waals surface area contributed by atoms with Crippen molar-refractivity contribution in [1.82, 2.24) is 4.98 Å². The number of fused-ring (bicyclic) bond motifs is 1. The molecular weight excluding hydrogens is 417 g/mol. The first-order valence-electron chi connectivity index (χ1n) is 10.1. The van der Waals surface area contributed by atoms with E-state index in [0.717, 1.165) is 0 Å². The summed E-state index contributed by atoms with van der Waals surface area (Å²) in [6, 6.07) is 13.1. The molecule has 7 nitrogen and oxygen atoms in total. The number of carbonyl (C=O) groups excluding carboxylic acids is 2. The minimum Gasteiger partial charge on any atom is -0.488 e. The summed E-state index contributed by atoms with van der Waals surface area (Å²) in [5, 5.41) is 0. The van der Waals surface area contributed by atoms with Crippen LogP contribution in [0.4, 0.5) is 4.39 Å². The molecule has 32 heavy (non-hydrogen) atoms. The first-order valence-corrected chi connectivity index (χ1v) is 10.1. The fourth-order valence-electron chi connectivity index (χ4n) is 3.68. The van der Waals surface area contributed by atoms with E-state index in [-0.39, 0.29) is 36.5 Å². The number of carbonyl (C=O) groups is 2. The molecule has 3 aromatic rings. The minimum absolute atomic E-state index is 0.0348. The zero-order valence-corrected chi connectivity index (χ0v) is 17.2. The molecule has 8 heteroatoms. The van der Waals surface area contributed by atoms with Crippen LogP contribution in [0.3, 0.4) is 0 Å². The van der Waals surface area contributed by atoms with Crippen LogP contribution in [0.25, 0.3) is 0 Å². The highest BCUT2D eigenvalue weighted by molar-refractivity contribution is 5.94. The fourth-order valence-corrected chi connectivity index (χ4v) is 3.68. The lowest BCUT2D eigenvalue weighted by Gasteiger charge is -2.26. The third-order valence-corrected chi connectivity index (χ3v) is 5.15. The Morgan fingerprint density at radius 2 is 1.91 bits per heavy atom. The van der Waals surface area contributed by atoms with Gasteiger partial charge in [0.25, 0.3) is 5.56 Å². The number of H-pyrrole nitrogens is 1. The number of rotatable bonds is 6. The summed E-state index contributed by atoms with van der Waals surface area (Å²) in [6.45, 7) is 1.73. The summed E-state index contributed by atoms with van der Waals surface area (Å²) in [5.74, 6) is -2.15. The average Bonchev–Trinajstić information content (AvgIpc) is 2.78. The monoisotopic (exact) mass is 437 g/mol. The molecular formula is C24H20FNO6. The molecule has 164 valence electrons. The predicted molar refractivity (Wildman–Crippen MR) is 112 cm³/mol. The molecule has 0 saturated heterocycles. The van der Waals surface area contributed by atoms with Gasteiger partial charge >= 0.3 is 11.9 Å². The molecule has 1 aliphatic heterocycles. The molecule has 1 atom stereocenters. The summed E-state index contributed by atoms with van der Waals surface area (Å²) >= 11 is 0. The Morgan fingerprint density at radius 3 is 2.69 bits per heavy atom. The van der Waals surface area contributed by atoms with Gasteiger partial charge in [-0.05, 0) is 19.1 Å². The van der Waals surface area contributed by atoms with E-state index < -0.39 is 29.2 Å². The van der Waals surface area contributed by atoms with Crippen LogP contribution in [0.5, 0.6) is 11.5 Å². The van der Waals surface area contributed by atoms with Crippen molar-refractivity contribution < 1.29 is 28.2 Å². The SMILES string of the molecule is CCOC(=O)c1c[nH]c(=O)c2c1OC(=O)C[C@@H]2c1ccccc1OCc1ccccc1F. The Balaban J connectivity index is 1.75. The van der Waals surface area contributed by atoms with Gasteiger partial charge in [0.15, 0.2) is 5.75 Å². The van der Waals surface area contributed by atoms with Crippen molar-refractivity contribution in [1.29, 1.82) is 0 Å². The molecule has 0 bridgehead atoms. The van der Waals surface area contributed by atoms with E-state index in [0.29, 0.717) is 16.9 Å². The number of aromatic amines is 1. The summed E-state index contributed by atoms with van der Waals surface area (Å²) in [4.78, 5) is 40.0. The van der Waals surface area contributed by atoms with Crippen molar-refractivity contribution in [2.75, 3.05) is 6.61 Å². The number of para-hydroxylation sites is 1. The molecule has 0 unspecified atom stereocenters. The lowest BCUT2D eigenvalue weighted by molar-refractivity contribution is -0.135. The number of hydrogen-bond donors (Lipinski definition) is 1. The highest BCUT2D eigenvalue weighted by Crippen LogP contribution is 2.41. The van der Waals surface area contributed by atoms with Crippen molar-refractivity contribution in [3.05, 3.63) is 93.2 Å². The van der Waals surface area contributed by atoms with Crippen LogP contribution in [-0.2, 0) is 16.1 Å². The van der Waals surface area contributed by atoms with Crippen LogP contribution in [0.15, 0.2) is 59.5 Å². The van der Waals surface area contributed by atoms with E-state index in [1.54, 1.807) is 49.4 Å². The predicted octanol–water partition coefficient (Wildman–Crippen LogP) is 3.71. The van der Waals surface area contributed by atoms with Gasteiger partial charge < -0.3 is 19.2 Å². The molecule has 2 heterocycles. The topological polar surface area (TPSA) is 94.7 Å². The number of esters is 2. The van der Waals surface area contributed by atoms with Crippen LogP contribution in [0.1, 0.15) is 46.3 Å². The molecule has 2 aromatic carbocycles. The van der Waals surface area contributed by atoms with Gasteiger partial charge in [-0.15, -0.1) is 0 Å². The zero-order valence-electron chi connectivity index (χ0n) is 17.2. The molecule has 1 aliphatic rings. The Kier molecular flexibility index (Phi) is 6.02. The largest absolute Gasteiger partial charge is 0.488 e. The van der Waals surface area contributed by atoms with E-state index >= 15 is 0 Å². The molecule has 0 fully saturated rings. The second kappa shape index (κ2) is 9.05. The number of pyridine rings is 1. The third kappa shape index (κ3) is 4.12. The Morgan fingerprint density at radius 1 is 1.16 bits per heavy atom. The van der Waals surface area contributed by atoms with Gasteiger partial charge in [0.2, 0.25) is 0 Å². The molecule has 1 aromatic heterocycles. The molecule has 4 rings (SSSR count). The molecule has 0 saturated carbocycles. The van der Waals surface area contributed by atoms with Gasteiger partial charge in [-0.3, -0.25) is 9.59 Å². The Hall–Kier alpha value is -3.94. The quantitative estimate of drug-likeness (QED) is 0.591. The normalized spacial score (nSPS) is 14.9. The highest BCUT2D eigenvalue weighted by Gasteiger charge is 2.36. The van der Waals surface area contributed by atoms with Crippen LogP contribution in [0, 0.1) is 5.82 Å². The molecule has 0 radical (unpaired) electrons. The van der Waals surface area contributed by atoms with Crippen molar-refractivity contribution in [3.8, 4) is 11.5 Å². The first kappa shape index (κ1) is 21.3. The summed E-state index contributed by atoms with van der Waals surface area (Å²) in [6.07, 6.45) is 1.05. The van der Waals surface area contributed by atoms with Gasteiger partial charge in [0.05, 0.1) is 18.6 Å². The lowest BCUT2D eigenvalue weighted by atomic mass is 9.85. The van der Waals surface area contributed by atoms with Crippen molar-refractivity contribution >= 4 is 11.9 Å². The maximum Gasteiger partial charge on any atom is 0.343 e. The summed E-state index contributed by atoms with van der Waals surface area (Å²) < 4.78 is 30.2. The molecule has 1 N–H and O–H groups in total. The van der Waals surface area contributed by atoms with Gasteiger partial charge in [0, 0.05) is 23.2 Å². The van der Waals surface area contributed by atoms with Crippen molar-refractivity contribution in [2.45, 2.75) is 25.9 Å². The van der Waals surface area contributed by atoms with Crippen LogP contribution in [0.2, 0.25) is 0 Å². The van der Waals surface area contributed by atoms with Crippen LogP contribution < -0.4 is 15.0 Å². The van der Waals surface area contributed by atoms with E-state index in [1.807, 2.05) is 0 Å². The second-order valence-corrected chi connectivity index (χ2v) is 7.14. The maximum absolute atomic E-state index is 14.0. The summed E-state index contributed by atoms with van der Waals surface area (Å²) in [7, 11) is 0. The van der Waals surface area contributed by atoms with Gasteiger partial charge in [0.1, 0.15) is 23.7 Å². The molecule has 0 aliphatic carbocycles. The smallest absolute Gasteiger partial charge is 0.343 e. The lowest BCUT2D eigenvalue weighted by Crippen LogP contribution is -2.30. The van der Waals surface area contributed by atoms with Crippen LogP contribution >= 0.6 is 0 Å². The van der Waals surface area contributed by atoms with Gasteiger partial charge in [-0.25, -0.2) is 9.18 Å². The van der Waals surface area contributed by atoms with E-state index in [4.69, 9.17) is 14.2 Å². The van der Waals surface area contributed by atoms with E-state index in [2.05, 4.69) is 4.98 Å². The van der Waals surface area contributed by atoms with Gasteiger partial charge in [-0.1, -0.05) is 36.4 Å². The van der Waals surface area contributed by atoms with E-state index in [9.17, 15) is 18.8 Å². The number of benzene rings is 2. The standard InChI is InChI=1S/C24H20FNO6/c1-2-30-24(29)17-12-26-23(28)21-16(11-20(27)32-22(17)21)15-8-4-6-10-19(15)31-13-14-7-3-5-9-18(14)25/h3-10,12,16H,2,11,13H2,1H3,(H,26,28)/t16-/m1/s1. The van der Waals surface area contributed by atoms with E-state index in [1.165, 1.54) is 12.3 Å². The maximum atomic E-state index is 14.0. The Bertz CT molecular complexity index is 1240. The average molecular weight is 437 g/mol. The van der Waals surface area contributed by atoms with Crippen LogP contribution in [-0.4, -0.2) is 23.5 Å². The minimum atomic E-state index is -0.721. The number of aromatic nitrogens is 1. The number of nitrogens with one attached hydrogen (secondary N) is 1. The van der Waals surface area contributed by atoms with Crippen molar-refractivity contribution in [3.63, 3.8) is 0 Å². The third-order valence-electron chi connectivity index (χ3n) is 5.15. The van der Waals surface area contributed by atoms with Crippen molar-refractivity contribution in [2.24, 2.45) is 0 Å². The second-order valence-electron chi connectivity index (χ2n) is 7.14. The number of hydrogen-bond acceptors (Lipinski definition) is 6. The number of halogens is 1. The molecule has 0 spiro atoms. The Labute approximate surface area is 182 Å². The highest BCUT2D eigenvalue weighted by atomic mass is 19.1.